The lowest BCUT2D eigenvalue weighted by atomic mass is 9.99. The topological polar surface area (TPSA) is 70.4 Å². The molecule has 0 saturated carbocycles. The van der Waals surface area contributed by atoms with Crippen LogP contribution in [0.3, 0.4) is 0 Å². The maximum absolute atomic E-state index is 11.9. The van der Waals surface area contributed by atoms with Crippen LogP contribution in [0, 0.1) is 11.3 Å². The maximum atomic E-state index is 11.9. The van der Waals surface area contributed by atoms with Crippen LogP contribution in [0.2, 0.25) is 0 Å². The molecule has 94 valence electrons. The van der Waals surface area contributed by atoms with E-state index in [1.165, 1.54) is 4.90 Å². The van der Waals surface area contributed by atoms with E-state index in [2.05, 4.69) is 0 Å². The molecule has 1 heterocycles. The largest absolute Gasteiger partial charge is 0.444 e. The predicted molar refractivity (Wildman–Crippen MR) is 61.2 cm³/mol. The van der Waals surface area contributed by atoms with Gasteiger partial charge in [-0.05, 0) is 27.2 Å². The number of nitriles is 1. The molecule has 0 aromatic rings. The van der Waals surface area contributed by atoms with Gasteiger partial charge in [-0.3, -0.25) is 9.69 Å². The second kappa shape index (κ2) is 5.17. The molecule has 0 spiro atoms. The summed E-state index contributed by atoms with van der Waals surface area (Å²) in [7, 11) is 0. The van der Waals surface area contributed by atoms with Crippen molar-refractivity contribution in [2.75, 3.05) is 6.54 Å². The lowest BCUT2D eigenvalue weighted by Crippen LogP contribution is -2.50. The molecule has 1 saturated heterocycles. The molecule has 0 aromatic heterocycles. The van der Waals surface area contributed by atoms with E-state index >= 15 is 0 Å². The highest BCUT2D eigenvalue weighted by Crippen LogP contribution is 2.19. The van der Waals surface area contributed by atoms with Gasteiger partial charge in [-0.1, -0.05) is 0 Å². The molecule has 1 fully saturated rings. The van der Waals surface area contributed by atoms with Gasteiger partial charge >= 0.3 is 6.09 Å². The van der Waals surface area contributed by atoms with Crippen molar-refractivity contribution in [2.45, 2.75) is 51.7 Å². The minimum Gasteiger partial charge on any atom is -0.444 e. The average molecular weight is 238 g/mol. The molecule has 0 bridgehead atoms. The Morgan fingerprint density at radius 1 is 1.59 bits per heavy atom. The lowest BCUT2D eigenvalue weighted by Gasteiger charge is -2.34. The van der Waals surface area contributed by atoms with Crippen LogP contribution >= 0.6 is 0 Å². The van der Waals surface area contributed by atoms with Gasteiger partial charge in [0.2, 0.25) is 0 Å². The summed E-state index contributed by atoms with van der Waals surface area (Å²) in [5.74, 6) is -0.0522. The molecule has 0 aliphatic carbocycles. The normalized spacial score (nSPS) is 20.9. The van der Waals surface area contributed by atoms with Crippen LogP contribution in [0.25, 0.3) is 0 Å². The second-order valence-electron chi connectivity index (χ2n) is 5.12. The van der Waals surface area contributed by atoms with E-state index in [-0.39, 0.29) is 12.2 Å². The summed E-state index contributed by atoms with van der Waals surface area (Å²) in [6.07, 6.45) is 0.606. The zero-order chi connectivity index (χ0) is 13.1. The standard InChI is InChI=1S/C12H18N2O3/c1-12(2,3)17-11(16)14-8-4-5-10(15)9(14)6-7-13/h9H,4-6,8H2,1-3H3. The van der Waals surface area contributed by atoms with E-state index < -0.39 is 17.7 Å². The smallest absolute Gasteiger partial charge is 0.410 e. The van der Waals surface area contributed by atoms with E-state index in [9.17, 15) is 9.59 Å². The first kappa shape index (κ1) is 13.5. The number of carbonyl (C=O) groups excluding carboxylic acids is 2. The van der Waals surface area contributed by atoms with Gasteiger partial charge in [0.05, 0.1) is 12.5 Å². The molecule has 0 aromatic carbocycles. The summed E-state index contributed by atoms with van der Waals surface area (Å²) in [6, 6.07) is 1.31. The molecule has 1 unspecified atom stereocenters. The van der Waals surface area contributed by atoms with Gasteiger partial charge in [-0.2, -0.15) is 5.26 Å². The van der Waals surface area contributed by atoms with E-state index in [1.54, 1.807) is 20.8 Å². The van der Waals surface area contributed by atoms with Gasteiger partial charge in [-0.15, -0.1) is 0 Å². The van der Waals surface area contributed by atoms with Gasteiger partial charge in [0, 0.05) is 13.0 Å². The first-order valence-electron chi connectivity index (χ1n) is 5.74. The van der Waals surface area contributed by atoms with E-state index in [0.29, 0.717) is 19.4 Å². The molecule has 5 nitrogen and oxygen atoms in total. The third-order valence-corrected chi connectivity index (χ3v) is 2.48. The van der Waals surface area contributed by atoms with Crippen LogP contribution in [0.5, 0.6) is 0 Å². The number of likely N-dealkylation sites (tertiary alicyclic amines) is 1. The molecule has 1 atom stereocenters. The van der Waals surface area contributed by atoms with Gasteiger partial charge < -0.3 is 4.74 Å². The van der Waals surface area contributed by atoms with Gasteiger partial charge in [0.15, 0.2) is 5.78 Å². The summed E-state index contributed by atoms with van der Waals surface area (Å²) >= 11 is 0. The number of ketones is 1. The Morgan fingerprint density at radius 3 is 2.76 bits per heavy atom. The summed E-state index contributed by atoms with van der Waals surface area (Å²) in [4.78, 5) is 24.9. The molecule has 17 heavy (non-hydrogen) atoms. The van der Waals surface area contributed by atoms with Crippen molar-refractivity contribution in [2.24, 2.45) is 0 Å². The zero-order valence-electron chi connectivity index (χ0n) is 10.5. The fraction of sp³-hybridized carbons (Fsp3) is 0.750. The number of amides is 1. The van der Waals surface area contributed by atoms with Crippen molar-refractivity contribution in [1.82, 2.24) is 4.90 Å². The highest BCUT2D eigenvalue weighted by Gasteiger charge is 2.35. The Kier molecular flexibility index (Phi) is 4.11. The molecular weight excluding hydrogens is 220 g/mol. The van der Waals surface area contributed by atoms with Crippen molar-refractivity contribution in [3.63, 3.8) is 0 Å². The molecule has 1 rings (SSSR count). The van der Waals surface area contributed by atoms with E-state index in [0.717, 1.165) is 0 Å². The number of hydrogen-bond acceptors (Lipinski definition) is 4. The predicted octanol–water partition coefficient (Wildman–Crippen LogP) is 1.87. The van der Waals surface area contributed by atoms with Crippen LogP contribution in [-0.4, -0.2) is 35.0 Å². The minimum absolute atomic E-state index is 0.0398. The minimum atomic E-state index is -0.636. The summed E-state index contributed by atoms with van der Waals surface area (Å²) in [6.45, 7) is 5.80. The highest BCUT2D eigenvalue weighted by atomic mass is 16.6. The molecule has 1 aliphatic heterocycles. The Morgan fingerprint density at radius 2 is 2.24 bits per heavy atom. The highest BCUT2D eigenvalue weighted by molar-refractivity contribution is 5.88. The van der Waals surface area contributed by atoms with Crippen molar-refractivity contribution in [1.29, 1.82) is 5.26 Å². The van der Waals surface area contributed by atoms with E-state index in [1.807, 2.05) is 6.07 Å². The SMILES string of the molecule is CC(C)(C)OC(=O)N1CCCC(=O)C1CC#N. The van der Waals surface area contributed by atoms with Gasteiger partial charge in [0.1, 0.15) is 11.6 Å². The van der Waals surface area contributed by atoms with Crippen molar-refractivity contribution >= 4 is 11.9 Å². The van der Waals surface area contributed by atoms with Crippen molar-refractivity contribution < 1.29 is 14.3 Å². The Balaban J connectivity index is 2.75. The van der Waals surface area contributed by atoms with Crippen molar-refractivity contribution in [3.05, 3.63) is 0 Å². The maximum Gasteiger partial charge on any atom is 0.410 e. The second-order valence-corrected chi connectivity index (χ2v) is 5.12. The Hall–Kier alpha value is -1.57. The van der Waals surface area contributed by atoms with Crippen molar-refractivity contribution in [3.8, 4) is 6.07 Å². The quantitative estimate of drug-likeness (QED) is 0.699. The molecular formula is C12H18N2O3. The van der Waals surface area contributed by atoms with Gasteiger partial charge in [0.25, 0.3) is 0 Å². The first-order chi connectivity index (χ1) is 7.85. The fourth-order valence-corrected chi connectivity index (χ4v) is 1.77. The Labute approximate surface area is 101 Å². The summed E-state index contributed by atoms with van der Waals surface area (Å²) in [5, 5.41) is 8.69. The van der Waals surface area contributed by atoms with Crippen LogP contribution in [-0.2, 0) is 9.53 Å². The number of ether oxygens (including phenoxy) is 1. The number of carbonyl (C=O) groups is 2. The monoisotopic (exact) mass is 238 g/mol. The number of rotatable bonds is 1. The summed E-state index contributed by atoms with van der Waals surface area (Å²) in [5.41, 5.74) is -0.589. The number of nitrogens with zero attached hydrogens (tertiary/aromatic N) is 2. The molecule has 1 amide bonds. The number of Topliss-reactive ketones (excluding diaryl/α,β-unsaturated/α-hetero) is 1. The number of hydrogen-bond donors (Lipinski definition) is 0. The molecule has 0 radical (unpaired) electrons. The lowest BCUT2D eigenvalue weighted by molar-refractivity contribution is -0.126. The zero-order valence-corrected chi connectivity index (χ0v) is 10.5. The number of piperidine rings is 1. The molecule has 1 aliphatic rings. The summed E-state index contributed by atoms with van der Waals surface area (Å²) < 4.78 is 5.23. The Bertz CT molecular complexity index is 352. The third kappa shape index (κ3) is 3.74. The fourth-order valence-electron chi connectivity index (χ4n) is 1.77. The van der Waals surface area contributed by atoms with Crippen LogP contribution < -0.4 is 0 Å². The molecule has 0 N–H and O–H groups in total. The van der Waals surface area contributed by atoms with Crippen LogP contribution in [0.4, 0.5) is 4.79 Å². The van der Waals surface area contributed by atoms with Crippen LogP contribution in [0.15, 0.2) is 0 Å². The molecule has 5 heteroatoms. The third-order valence-electron chi connectivity index (χ3n) is 2.48. The van der Waals surface area contributed by atoms with E-state index in [4.69, 9.17) is 10.00 Å². The van der Waals surface area contributed by atoms with Crippen LogP contribution in [0.1, 0.15) is 40.0 Å². The van der Waals surface area contributed by atoms with Gasteiger partial charge in [-0.25, -0.2) is 4.79 Å². The average Bonchev–Trinajstić information content (AvgIpc) is 2.18. The first-order valence-corrected chi connectivity index (χ1v) is 5.74.